The zero-order valence-corrected chi connectivity index (χ0v) is 16.6. The molecule has 0 bridgehead atoms. The molecule has 2 aromatic carbocycles. The first-order valence-electron chi connectivity index (χ1n) is 9.81. The van der Waals surface area contributed by atoms with E-state index in [2.05, 4.69) is 33.5 Å². The van der Waals surface area contributed by atoms with Crippen molar-refractivity contribution in [1.29, 1.82) is 0 Å². The summed E-state index contributed by atoms with van der Waals surface area (Å²) in [6, 6.07) is 19.6. The summed E-state index contributed by atoms with van der Waals surface area (Å²) in [5.41, 5.74) is 3.77. The van der Waals surface area contributed by atoms with Gasteiger partial charge in [0, 0.05) is 47.5 Å². The quantitative estimate of drug-likeness (QED) is 0.443. The van der Waals surface area contributed by atoms with E-state index in [0.717, 1.165) is 27.7 Å². The molecule has 0 fully saturated rings. The zero-order chi connectivity index (χ0) is 20.9. The van der Waals surface area contributed by atoms with Crippen LogP contribution in [0, 0.1) is 6.92 Å². The number of H-pyrrole nitrogens is 2. The predicted molar refractivity (Wildman–Crippen MR) is 117 cm³/mol. The predicted octanol–water partition coefficient (Wildman–Crippen LogP) is 3.49. The molecule has 0 aliphatic carbocycles. The summed E-state index contributed by atoms with van der Waals surface area (Å²) in [6.45, 7) is 1.98. The Morgan fingerprint density at radius 2 is 1.80 bits per heavy atom. The minimum Gasteiger partial charge on any atom is -0.478 e. The van der Waals surface area contributed by atoms with Gasteiger partial charge in [0.1, 0.15) is 0 Å². The van der Waals surface area contributed by atoms with Gasteiger partial charge in [-0.2, -0.15) is 0 Å². The van der Waals surface area contributed by atoms with Crippen LogP contribution in [0.3, 0.4) is 0 Å². The molecule has 6 heteroatoms. The number of ether oxygens (including phenoxy) is 1. The number of nitrogens with one attached hydrogen (secondary N) is 3. The van der Waals surface area contributed by atoms with Gasteiger partial charge in [0.05, 0.1) is 0 Å². The van der Waals surface area contributed by atoms with Crippen molar-refractivity contribution in [2.75, 3.05) is 13.2 Å². The average Bonchev–Trinajstić information content (AvgIpc) is 3.18. The van der Waals surface area contributed by atoms with Gasteiger partial charge in [-0.05, 0) is 24.1 Å². The summed E-state index contributed by atoms with van der Waals surface area (Å²) >= 11 is 0. The van der Waals surface area contributed by atoms with E-state index >= 15 is 0 Å². The lowest BCUT2D eigenvalue weighted by Gasteiger charge is -2.18. The number of carbonyl (C=O) groups is 1. The van der Waals surface area contributed by atoms with Crippen molar-refractivity contribution in [2.24, 2.45) is 0 Å². The maximum Gasteiger partial charge on any atom is 0.257 e. The first-order valence-corrected chi connectivity index (χ1v) is 9.81. The fourth-order valence-corrected chi connectivity index (χ4v) is 3.56. The van der Waals surface area contributed by atoms with Gasteiger partial charge < -0.3 is 20.0 Å². The summed E-state index contributed by atoms with van der Waals surface area (Å²) < 4.78 is 5.39. The molecule has 0 saturated carbocycles. The van der Waals surface area contributed by atoms with Crippen molar-refractivity contribution in [2.45, 2.75) is 12.8 Å². The van der Waals surface area contributed by atoms with Gasteiger partial charge in [0.15, 0.2) is 12.4 Å². The van der Waals surface area contributed by atoms with Crippen LogP contribution in [0.4, 0.5) is 0 Å². The van der Waals surface area contributed by atoms with E-state index in [1.807, 2.05) is 42.6 Å². The molecule has 0 saturated heterocycles. The van der Waals surface area contributed by atoms with Crippen molar-refractivity contribution in [3.8, 4) is 5.75 Å². The molecule has 4 rings (SSSR count). The summed E-state index contributed by atoms with van der Waals surface area (Å²) in [7, 11) is 0. The van der Waals surface area contributed by atoms with Crippen LogP contribution >= 0.6 is 0 Å². The fourth-order valence-electron chi connectivity index (χ4n) is 3.56. The van der Waals surface area contributed by atoms with E-state index in [9.17, 15) is 9.59 Å². The number of aromatic amines is 2. The number of hydrogen-bond donors (Lipinski definition) is 3. The van der Waals surface area contributed by atoms with Crippen molar-refractivity contribution in [1.82, 2.24) is 15.3 Å². The molecule has 4 aromatic rings. The highest BCUT2D eigenvalue weighted by Gasteiger charge is 2.19. The van der Waals surface area contributed by atoms with E-state index in [1.165, 1.54) is 12.3 Å². The number of carbonyl (C=O) groups excluding carboxylic acids is 1. The highest BCUT2D eigenvalue weighted by molar-refractivity contribution is 5.84. The normalized spacial score (nSPS) is 11.9. The summed E-state index contributed by atoms with van der Waals surface area (Å²) in [5.74, 6) is -0.170. The molecule has 0 radical (unpaired) electrons. The molecule has 1 amide bonds. The summed E-state index contributed by atoms with van der Waals surface area (Å²) in [5, 5.41) is 4.07. The van der Waals surface area contributed by atoms with E-state index in [1.54, 1.807) is 6.92 Å². The SMILES string of the molecule is Cc1cc(=O)c(OCC(=O)NC[C@@H](c2ccccc2)c2c[nH]c3ccccc23)c[nH]1. The molecule has 6 nitrogen and oxygen atoms in total. The molecule has 0 unspecified atom stereocenters. The lowest BCUT2D eigenvalue weighted by atomic mass is 9.91. The second kappa shape index (κ2) is 8.69. The van der Waals surface area contributed by atoms with Crippen LogP contribution in [0.1, 0.15) is 22.7 Å². The summed E-state index contributed by atoms with van der Waals surface area (Å²) in [4.78, 5) is 30.5. The third-order valence-electron chi connectivity index (χ3n) is 5.08. The first-order chi connectivity index (χ1) is 14.6. The van der Waals surface area contributed by atoms with Gasteiger partial charge in [-0.15, -0.1) is 0 Å². The third kappa shape index (κ3) is 4.27. The monoisotopic (exact) mass is 401 g/mol. The number of benzene rings is 2. The topological polar surface area (TPSA) is 87.0 Å². The molecule has 152 valence electrons. The van der Waals surface area contributed by atoms with Crippen LogP contribution in [0.5, 0.6) is 5.75 Å². The molecule has 2 aromatic heterocycles. The molecular formula is C24H23N3O3. The fraction of sp³-hybridized carbons (Fsp3) is 0.167. The van der Waals surface area contributed by atoms with Crippen LogP contribution in [0.25, 0.3) is 10.9 Å². The van der Waals surface area contributed by atoms with Crippen molar-refractivity contribution in [3.05, 3.63) is 100 Å². The Bertz CT molecular complexity index is 1210. The van der Waals surface area contributed by atoms with Crippen LogP contribution in [0.2, 0.25) is 0 Å². The minimum atomic E-state index is -0.282. The Morgan fingerprint density at radius 3 is 2.60 bits per heavy atom. The molecule has 2 heterocycles. The Labute approximate surface area is 173 Å². The lowest BCUT2D eigenvalue weighted by molar-refractivity contribution is -0.123. The number of hydrogen-bond acceptors (Lipinski definition) is 3. The van der Waals surface area contributed by atoms with Crippen molar-refractivity contribution < 1.29 is 9.53 Å². The van der Waals surface area contributed by atoms with Crippen LogP contribution < -0.4 is 15.5 Å². The number of aryl methyl sites for hydroxylation is 1. The summed E-state index contributed by atoms with van der Waals surface area (Å²) in [6.07, 6.45) is 3.47. The van der Waals surface area contributed by atoms with E-state index < -0.39 is 0 Å². The average molecular weight is 401 g/mol. The highest BCUT2D eigenvalue weighted by Crippen LogP contribution is 2.30. The molecule has 30 heavy (non-hydrogen) atoms. The van der Waals surface area contributed by atoms with Gasteiger partial charge in [-0.3, -0.25) is 9.59 Å². The van der Waals surface area contributed by atoms with Gasteiger partial charge in [-0.25, -0.2) is 0 Å². The smallest absolute Gasteiger partial charge is 0.257 e. The maximum atomic E-state index is 12.4. The van der Waals surface area contributed by atoms with Crippen LogP contribution in [0.15, 0.2) is 77.9 Å². The highest BCUT2D eigenvalue weighted by atomic mass is 16.5. The number of aromatic nitrogens is 2. The Morgan fingerprint density at radius 1 is 1.03 bits per heavy atom. The number of pyridine rings is 1. The molecule has 1 atom stereocenters. The number of para-hydroxylation sites is 1. The molecule has 0 aliphatic rings. The van der Waals surface area contributed by atoms with Gasteiger partial charge >= 0.3 is 0 Å². The second-order valence-electron chi connectivity index (χ2n) is 7.19. The number of fused-ring (bicyclic) bond motifs is 1. The Kier molecular flexibility index (Phi) is 5.66. The van der Waals surface area contributed by atoms with Gasteiger partial charge in [-0.1, -0.05) is 48.5 Å². The number of amides is 1. The lowest BCUT2D eigenvalue weighted by Crippen LogP contribution is -2.33. The first kappa shape index (κ1) is 19.5. The third-order valence-corrected chi connectivity index (χ3v) is 5.08. The van der Waals surface area contributed by atoms with Gasteiger partial charge in [0.25, 0.3) is 5.91 Å². The van der Waals surface area contributed by atoms with Gasteiger partial charge in [0.2, 0.25) is 5.43 Å². The second-order valence-corrected chi connectivity index (χ2v) is 7.19. The van der Waals surface area contributed by atoms with E-state index in [0.29, 0.717) is 6.54 Å². The number of rotatable bonds is 7. The van der Waals surface area contributed by atoms with E-state index in [4.69, 9.17) is 4.74 Å². The van der Waals surface area contributed by atoms with Crippen molar-refractivity contribution in [3.63, 3.8) is 0 Å². The zero-order valence-electron chi connectivity index (χ0n) is 16.6. The van der Waals surface area contributed by atoms with Crippen LogP contribution in [-0.4, -0.2) is 29.0 Å². The molecule has 0 spiro atoms. The van der Waals surface area contributed by atoms with Crippen molar-refractivity contribution >= 4 is 16.8 Å². The van der Waals surface area contributed by atoms with Crippen LogP contribution in [-0.2, 0) is 4.79 Å². The maximum absolute atomic E-state index is 12.4. The minimum absolute atomic E-state index is 0.0194. The molecule has 0 aliphatic heterocycles. The van der Waals surface area contributed by atoms with E-state index in [-0.39, 0.29) is 29.6 Å². The molecular weight excluding hydrogens is 378 g/mol. The standard InChI is InChI=1S/C24H23N3O3/c1-16-11-22(28)23(14-25-16)30-15-24(29)27-12-19(17-7-3-2-4-8-17)20-13-26-21-10-6-5-9-18(20)21/h2-11,13-14,19,26H,12,15H2,1H3,(H,25,28)(H,27,29)/t19-/m0/s1. The molecule has 3 N–H and O–H groups in total. The largest absolute Gasteiger partial charge is 0.478 e. The Balaban J connectivity index is 1.48. The Hall–Kier alpha value is -3.80.